The monoisotopic (exact) mass is 140 g/mol. The predicted molar refractivity (Wildman–Crippen MR) is 33.5 cm³/mol. The highest BCUT2D eigenvalue weighted by molar-refractivity contribution is 5.63. The molecule has 54 valence electrons. The average Bonchev–Trinajstić information content (AvgIpc) is 2.27. The highest BCUT2D eigenvalue weighted by atomic mass is 16.8. The topological polar surface area (TPSA) is 35.5 Å². The molecule has 1 heterocycles. The summed E-state index contributed by atoms with van der Waals surface area (Å²) in [4.78, 5) is 10.5. The summed E-state index contributed by atoms with van der Waals surface area (Å²) in [6.07, 6.45) is 5.13. The van der Waals surface area contributed by atoms with E-state index in [1.807, 2.05) is 12.2 Å². The number of ether oxygens (including phenoxy) is 2. The number of allylic oxidation sites excluding steroid dienone is 1. The Morgan fingerprint density at radius 3 is 3.20 bits per heavy atom. The van der Waals surface area contributed by atoms with Gasteiger partial charge in [-0.15, -0.1) is 0 Å². The molecule has 1 saturated heterocycles. The SMILES string of the molecule is O=C1O[C@@H]2C=CCC[C@H]2O1. The number of rotatable bonds is 0. The number of hydrogen-bond donors (Lipinski definition) is 0. The van der Waals surface area contributed by atoms with Crippen LogP contribution in [0.4, 0.5) is 4.79 Å². The molecule has 0 saturated carbocycles. The molecule has 0 amide bonds. The van der Waals surface area contributed by atoms with Gasteiger partial charge in [-0.3, -0.25) is 0 Å². The average molecular weight is 140 g/mol. The van der Waals surface area contributed by atoms with Crippen LogP contribution in [0.25, 0.3) is 0 Å². The van der Waals surface area contributed by atoms with E-state index in [4.69, 9.17) is 9.47 Å². The number of fused-ring (bicyclic) bond motifs is 1. The fourth-order valence-corrected chi connectivity index (χ4v) is 1.28. The Balaban J connectivity index is 2.15. The zero-order chi connectivity index (χ0) is 6.97. The van der Waals surface area contributed by atoms with Crippen LogP contribution in [0, 0.1) is 0 Å². The first-order valence-electron chi connectivity index (χ1n) is 3.40. The lowest BCUT2D eigenvalue weighted by Crippen LogP contribution is -2.22. The van der Waals surface area contributed by atoms with Crippen LogP contribution in [0.3, 0.4) is 0 Å². The molecule has 0 unspecified atom stereocenters. The maximum absolute atomic E-state index is 10.5. The third-order valence-corrected chi connectivity index (χ3v) is 1.79. The first-order chi connectivity index (χ1) is 4.86. The molecule has 0 bridgehead atoms. The molecule has 3 nitrogen and oxygen atoms in total. The zero-order valence-electron chi connectivity index (χ0n) is 5.45. The quantitative estimate of drug-likeness (QED) is 0.375. The second-order valence-corrected chi connectivity index (χ2v) is 2.49. The van der Waals surface area contributed by atoms with Crippen LogP contribution in [0.15, 0.2) is 12.2 Å². The Hall–Kier alpha value is -0.990. The lowest BCUT2D eigenvalue weighted by Gasteiger charge is -2.14. The smallest absolute Gasteiger partial charge is 0.427 e. The third-order valence-electron chi connectivity index (χ3n) is 1.79. The highest BCUT2D eigenvalue weighted by Gasteiger charge is 2.35. The standard InChI is InChI=1S/C7H8O3/c8-7-9-5-3-1-2-4-6(5)10-7/h1,3,5-6H,2,4H2/t5-,6-/m1/s1. The Morgan fingerprint density at radius 1 is 1.50 bits per heavy atom. The lowest BCUT2D eigenvalue weighted by molar-refractivity contribution is 0.116. The molecule has 0 aromatic heterocycles. The number of carbonyl (C=O) groups excluding carboxylic acids is 1. The van der Waals surface area contributed by atoms with Crippen molar-refractivity contribution in [1.82, 2.24) is 0 Å². The first-order valence-corrected chi connectivity index (χ1v) is 3.40. The van der Waals surface area contributed by atoms with Gasteiger partial charge in [-0.05, 0) is 18.9 Å². The molecule has 2 aliphatic rings. The van der Waals surface area contributed by atoms with E-state index in [9.17, 15) is 4.79 Å². The second-order valence-electron chi connectivity index (χ2n) is 2.49. The summed E-state index contributed by atoms with van der Waals surface area (Å²) in [5, 5.41) is 0. The number of hydrogen-bond acceptors (Lipinski definition) is 3. The molecule has 0 N–H and O–H groups in total. The summed E-state index contributed by atoms with van der Waals surface area (Å²) in [5.41, 5.74) is 0. The Kier molecular flexibility index (Phi) is 1.16. The van der Waals surface area contributed by atoms with Crippen molar-refractivity contribution < 1.29 is 14.3 Å². The molecular formula is C7H8O3. The molecule has 0 spiro atoms. The summed E-state index contributed by atoms with van der Waals surface area (Å²) < 4.78 is 9.67. The van der Waals surface area contributed by atoms with Gasteiger partial charge in [-0.2, -0.15) is 0 Å². The Morgan fingerprint density at radius 2 is 2.40 bits per heavy atom. The molecule has 1 aliphatic carbocycles. The predicted octanol–water partition coefficient (Wildman–Crippen LogP) is 1.24. The van der Waals surface area contributed by atoms with Crippen LogP contribution in [0.1, 0.15) is 12.8 Å². The lowest BCUT2D eigenvalue weighted by atomic mass is 10.0. The largest absolute Gasteiger partial charge is 0.509 e. The molecule has 1 fully saturated rings. The Bertz CT molecular complexity index is 185. The van der Waals surface area contributed by atoms with Crippen molar-refractivity contribution in [2.75, 3.05) is 0 Å². The van der Waals surface area contributed by atoms with Gasteiger partial charge >= 0.3 is 6.16 Å². The fourth-order valence-electron chi connectivity index (χ4n) is 1.28. The van der Waals surface area contributed by atoms with Gasteiger partial charge in [0.05, 0.1) is 0 Å². The van der Waals surface area contributed by atoms with Crippen molar-refractivity contribution in [1.29, 1.82) is 0 Å². The van der Waals surface area contributed by atoms with Crippen molar-refractivity contribution in [3.05, 3.63) is 12.2 Å². The van der Waals surface area contributed by atoms with E-state index >= 15 is 0 Å². The van der Waals surface area contributed by atoms with Gasteiger partial charge in [0.1, 0.15) is 6.10 Å². The van der Waals surface area contributed by atoms with E-state index in [1.165, 1.54) is 0 Å². The molecular weight excluding hydrogens is 132 g/mol. The van der Waals surface area contributed by atoms with E-state index in [1.54, 1.807) is 0 Å². The van der Waals surface area contributed by atoms with Crippen LogP contribution >= 0.6 is 0 Å². The van der Waals surface area contributed by atoms with Crippen molar-refractivity contribution in [3.63, 3.8) is 0 Å². The molecule has 2 rings (SSSR count). The van der Waals surface area contributed by atoms with Gasteiger partial charge in [0.2, 0.25) is 0 Å². The van der Waals surface area contributed by atoms with Gasteiger partial charge in [-0.1, -0.05) is 6.08 Å². The summed E-state index contributed by atoms with van der Waals surface area (Å²) in [7, 11) is 0. The maximum atomic E-state index is 10.5. The van der Waals surface area contributed by atoms with Crippen LogP contribution < -0.4 is 0 Å². The minimum atomic E-state index is -0.526. The van der Waals surface area contributed by atoms with Crippen LogP contribution in [-0.4, -0.2) is 18.4 Å². The van der Waals surface area contributed by atoms with Crippen LogP contribution in [0.5, 0.6) is 0 Å². The molecule has 3 heteroatoms. The van der Waals surface area contributed by atoms with E-state index in [0.29, 0.717) is 0 Å². The molecule has 1 aliphatic heterocycles. The minimum Gasteiger partial charge on any atom is -0.427 e. The Labute approximate surface area is 58.6 Å². The fraction of sp³-hybridized carbons (Fsp3) is 0.571. The van der Waals surface area contributed by atoms with Crippen LogP contribution in [-0.2, 0) is 9.47 Å². The first kappa shape index (κ1) is 5.77. The minimum absolute atomic E-state index is 0.0162. The molecule has 0 aromatic carbocycles. The van der Waals surface area contributed by atoms with Gasteiger partial charge in [-0.25, -0.2) is 4.79 Å². The summed E-state index contributed by atoms with van der Waals surface area (Å²) in [6.45, 7) is 0. The van der Waals surface area contributed by atoms with Crippen molar-refractivity contribution in [2.45, 2.75) is 25.0 Å². The molecule has 2 atom stereocenters. The molecule has 0 aromatic rings. The molecule has 0 radical (unpaired) electrons. The third kappa shape index (κ3) is 0.781. The van der Waals surface area contributed by atoms with Gasteiger partial charge in [0, 0.05) is 0 Å². The highest BCUT2D eigenvalue weighted by Crippen LogP contribution is 2.24. The summed E-state index contributed by atoms with van der Waals surface area (Å²) in [6, 6.07) is 0. The summed E-state index contributed by atoms with van der Waals surface area (Å²) in [5.74, 6) is 0. The zero-order valence-corrected chi connectivity index (χ0v) is 5.45. The normalized spacial score (nSPS) is 36.6. The maximum Gasteiger partial charge on any atom is 0.509 e. The van der Waals surface area contributed by atoms with Crippen LogP contribution in [0.2, 0.25) is 0 Å². The van der Waals surface area contributed by atoms with Gasteiger partial charge < -0.3 is 9.47 Å². The van der Waals surface area contributed by atoms with E-state index in [-0.39, 0.29) is 12.2 Å². The molecule has 10 heavy (non-hydrogen) atoms. The van der Waals surface area contributed by atoms with Crippen molar-refractivity contribution in [3.8, 4) is 0 Å². The van der Waals surface area contributed by atoms with E-state index in [0.717, 1.165) is 12.8 Å². The van der Waals surface area contributed by atoms with Crippen molar-refractivity contribution in [2.24, 2.45) is 0 Å². The van der Waals surface area contributed by atoms with E-state index < -0.39 is 6.16 Å². The van der Waals surface area contributed by atoms with E-state index in [2.05, 4.69) is 0 Å². The van der Waals surface area contributed by atoms with Crippen molar-refractivity contribution >= 4 is 6.16 Å². The van der Waals surface area contributed by atoms with Gasteiger partial charge in [0.25, 0.3) is 0 Å². The second kappa shape index (κ2) is 2.01. The van der Waals surface area contributed by atoms with Gasteiger partial charge in [0.15, 0.2) is 6.10 Å². The summed E-state index contributed by atoms with van der Waals surface area (Å²) >= 11 is 0. The number of carbonyl (C=O) groups is 1.